The largest absolute Gasteiger partial charge is 0.381 e. The van der Waals surface area contributed by atoms with E-state index in [-0.39, 0.29) is 0 Å². The Hall–Kier alpha value is -1.27. The quantitative estimate of drug-likeness (QED) is 0.911. The Morgan fingerprint density at radius 1 is 1.33 bits per heavy atom. The van der Waals surface area contributed by atoms with Crippen LogP contribution >= 0.6 is 0 Å². The first-order valence-electron chi connectivity index (χ1n) is 8.98. The predicted molar refractivity (Wildman–Crippen MR) is 93.9 cm³/mol. The van der Waals surface area contributed by atoms with Gasteiger partial charge in [-0.05, 0) is 37.8 Å². The number of ether oxygens (including phenoxy) is 1. The van der Waals surface area contributed by atoms with Crippen molar-refractivity contribution in [2.24, 2.45) is 11.3 Å². The number of fused-ring (bicyclic) bond motifs is 3. The topological polar surface area (TPSA) is 58.6 Å². The van der Waals surface area contributed by atoms with Gasteiger partial charge in [-0.15, -0.1) is 0 Å². The van der Waals surface area contributed by atoms with Crippen LogP contribution < -0.4 is 9.62 Å². The molecule has 3 fully saturated rings. The number of rotatable bonds is 3. The second-order valence-electron chi connectivity index (χ2n) is 7.84. The summed E-state index contributed by atoms with van der Waals surface area (Å²) in [5.41, 5.74) is 3.46. The number of anilines is 2. The van der Waals surface area contributed by atoms with E-state index in [4.69, 9.17) is 4.74 Å². The average Bonchev–Trinajstić information content (AvgIpc) is 3.07. The number of nitrogens with one attached hydrogen (secondary N) is 1. The highest BCUT2D eigenvalue weighted by Crippen LogP contribution is 2.63. The zero-order valence-corrected chi connectivity index (χ0v) is 14.8. The summed E-state index contributed by atoms with van der Waals surface area (Å²) in [5.74, 6) is 0.619. The van der Waals surface area contributed by atoms with Crippen molar-refractivity contribution in [3.8, 4) is 0 Å². The lowest BCUT2D eigenvalue weighted by Crippen LogP contribution is -2.68. The van der Waals surface area contributed by atoms with Gasteiger partial charge in [0.15, 0.2) is 0 Å². The smallest absolute Gasteiger partial charge is 0.232 e. The van der Waals surface area contributed by atoms with Crippen molar-refractivity contribution in [1.29, 1.82) is 0 Å². The van der Waals surface area contributed by atoms with Gasteiger partial charge >= 0.3 is 0 Å². The van der Waals surface area contributed by atoms with Crippen LogP contribution in [-0.4, -0.2) is 40.0 Å². The molecule has 4 aliphatic rings. The Bertz CT molecular complexity index is 787. The normalized spacial score (nSPS) is 32.9. The lowest BCUT2D eigenvalue weighted by Gasteiger charge is -2.63. The maximum absolute atomic E-state index is 12.0. The molecular weight excluding hydrogens is 324 g/mol. The van der Waals surface area contributed by atoms with E-state index in [2.05, 4.69) is 11.4 Å². The van der Waals surface area contributed by atoms with Crippen LogP contribution in [0.5, 0.6) is 0 Å². The number of benzene rings is 1. The molecule has 2 heterocycles. The summed E-state index contributed by atoms with van der Waals surface area (Å²) in [4.78, 5) is 0. The molecule has 130 valence electrons. The van der Waals surface area contributed by atoms with Crippen LogP contribution in [0.2, 0.25) is 0 Å². The van der Waals surface area contributed by atoms with E-state index >= 15 is 0 Å². The summed E-state index contributed by atoms with van der Waals surface area (Å²) in [7, 11) is -3.20. The van der Waals surface area contributed by atoms with Crippen LogP contribution in [-0.2, 0) is 21.2 Å². The summed E-state index contributed by atoms with van der Waals surface area (Å²) in [6.07, 6.45) is 7.50. The highest BCUT2D eigenvalue weighted by atomic mass is 32.2. The molecule has 0 aromatic heterocycles. The lowest BCUT2D eigenvalue weighted by atomic mass is 9.46. The van der Waals surface area contributed by atoms with Crippen molar-refractivity contribution in [2.75, 3.05) is 29.0 Å². The van der Waals surface area contributed by atoms with Gasteiger partial charge in [0, 0.05) is 41.8 Å². The Morgan fingerprint density at radius 3 is 2.88 bits per heavy atom. The Kier molecular flexibility index (Phi) is 3.06. The molecule has 0 amide bonds. The minimum atomic E-state index is -3.20. The summed E-state index contributed by atoms with van der Waals surface area (Å²) < 4.78 is 31.5. The molecule has 1 saturated heterocycles. The lowest BCUT2D eigenvalue weighted by molar-refractivity contribution is -0.158. The highest BCUT2D eigenvalue weighted by Gasteiger charge is 2.66. The molecule has 5 rings (SSSR count). The van der Waals surface area contributed by atoms with Crippen LogP contribution in [0.4, 0.5) is 11.4 Å². The average molecular weight is 348 g/mol. The van der Waals surface area contributed by atoms with Crippen molar-refractivity contribution in [3.05, 3.63) is 23.8 Å². The van der Waals surface area contributed by atoms with Crippen LogP contribution in [0.25, 0.3) is 0 Å². The van der Waals surface area contributed by atoms with Gasteiger partial charge < -0.3 is 10.1 Å². The van der Waals surface area contributed by atoms with E-state index in [0.717, 1.165) is 36.4 Å². The molecule has 0 bridgehead atoms. The second-order valence-corrected chi connectivity index (χ2v) is 9.75. The number of nitrogens with zero attached hydrogens (tertiary/aromatic N) is 1. The molecule has 1 aromatic rings. The summed E-state index contributed by atoms with van der Waals surface area (Å²) in [5, 5.41) is 3.81. The third-order valence-electron chi connectivity index (χ3n) is 6.73. The van der Waals surface area contributed by atoms with E-state index in [1.165, 1.54) is 29.8 Å². The Balaban J connectivity index is 1.46. The van der Waals surface area contributed by atoms with E-state index in [1.54, 1.807) is 0 Å². The van der Waals surface area contributed by atoms with Gasteiger partial charge in [0.05, 0.1) is 18.0 Å². The second kappa shape index (κ2) is 4.88. The van der Waals surface area contributed by atoms with Crippen molar-refractivity contribution in [2.45, 2.75) is 44.2 Å². The van der Waals surface area contributed by atoms with E-state index in [1.807, 2.05) is 12.1 Å². The Morgan fingerprint density at radius 2 is 2.17 bits per heavy atom. The SMILES string of the molecule is CS(=O)(=O)N1CCc2c(NC3[C@H]4CCO[C@H]4C34CCC4)cccc21. The molecular formula is C18H24N2O3S. The molecule has 2 aliphatic heterocycles. The third-order valence-corrected chi connectivity index (χ3v) is 7.91. The zero-order chi connectivity index (χ0) is 16.5. The minimum absolute atomic E-state index is 0.332. The number of hydrogen-bond donors (Lipinski definition) is 1. The van der Waals surface area contributed by atoms with Crippen LogP contribution in [0.15, 0.2) is 18.2 Å². The third kappa shape index (κ3) is 1.87. The van der Waals surface area contributed by atoms with Gasteiger partial charge in [-0.1, -0.05) is 12.5 Å². The van der Waals surface area contributed by atoms with Crippen molar-refractivity contribution >= 4 is 21.4 Å². The van der Waals surface area contributed by atoms with Gasteiger partial charge in [0.25, 0.3) is 0 Å². The Labute approximate surface area is 143 Å². The minimum Gasteiger partial charge on any atom is -0.381 e. The molecule has 1 N–H and O–H groups in total. The highest BCUT2D eigenvalue weighted by molar-refractivity contribution is 7.92. The first kappa shape index (κ1) is 15.0. The van der Waals surface area contributed by atoms with Crippen molar-refractivity contribution in [1.82, 2.24) is 0 Å². The standard InChI is InChI=1S/C18H24N2O3S/c1-24(21,22)20-10-6-12-14(4-2-5-15(12)20)19-16-13-7-11-23-17(13)18(16)8-3-9-18/h2,4-5,13,16-17,19H,3,6-11H2,1H3/t13-,16?,17-/m1/s1. The van der Waals surface area contributed by atoms with Crippen molar-refractivity contribution in [3.63, 3.8) is 0 Å². The molecule has 24 heavy (non-hydrogen) atoms. The van der Waals surface area contributed by atoms with E-state index in [9.17, 15) is 8.42 Å². The van der Waals surface area contributed by atoms with Crippen LogP contribution in [0, 0.1) is 11.3 Å². The molecule has 3 atom stereocenters. The van der Waals surface area contributed by atoms with Crippen molar-refractivity contribution < 1.29 is 13.2 Å². The maximum atomic E-state index is 12.0. The molecule has 1 spiro atoms. The molecule has 1 unspecified atom stereocenters. The van der Waals surface area contributed by atoms with Gasteiger partial charge in [0.1, 0.15) is 0 Å². The van der Waals surface area contributed by atoms with Gasteiger partial charge in [0.2, 0.25) is 10.0 Å². The van der Waals surface area contributed by atoms with Crippen LogP contribution in [0.3, 0.4) is 0 Å². The molecule has 5 nitrogen and oxygen atoms in total. The molecule has 0 radical (unpaired) electrons. The monoisotopic (exact) mass is 348 g/mol. The molecule has 6 heteroatoms. The molecule has 2 saturated carbocycles. The number of hydrogen-bond acceptors (Lipinski definition) is 4. The van der Waals surface area contributed by atoms with E-state index < -0.39 is 10.0 Å². The summed E-state index contributed by atoms with van der Waals surface area (Å²) >= 11 is 0. The predicted octanol–water partition coefficient (Wildman–Crippen LogP) is 2.38. The number of sulfonamides is 1. The van der Waals surface area contributed by atoms with Gasteiger partial charge in [-0.25, -0.2) is 8.42 Å². The molecule has 2 aliphatic carbocycles. The van der Waals surface area contributed by atoms with Gasteiger partial charge in [-0.3, -0.25) is 4.31 Å². The van der Waals surface area contributed by atoms with Crippen LogP contribution in [0.1, 0.15) is 31.2 Å². The first-order chi connectivity index (χ1) is 11.5. The van der Waals surface area contributed by atoms with Gasteiger partial charge in [-0.2, -0.15) is 0 Å². The zero-order valence-electron chi connectivity index (χ0n) is 14.0. The summed E-state index contributed by atoms with van der Waals surface area (Å²) in [6.45, 7) is 1.45. The fourth-order valence-corrected chi connectivity index (χ4v) is 6.46. The molecule has 1 aromatic carbocycles. The van der Waals surface area contributed by atoms with E-state index in [0.29, 0.717) is 30.0 Å². The fraction of sp³-hybridized carbons (Fsp3) is 0.667. The summed E-state index contributed by atoms with van der Waals surface area (Å²) in [6, 6.07) is 6.49. The first-order valence-corrected chi connectivity index (χ1v) is 10.8. The maximum Gasteiger partial charge on any atom is 0.232 e. The fourth-order valence-electron chi connectivity index (χ4n) is 5.51.